The minimum Gasteiger partial charge on any atom is -0.341 e. The fourth-order valence-electron chi connectivity index (χ4n) is 3.28. The Bertz CT molecular complexity index is 722. The number of sulfonamides is 1. The molecule has 2 unspecified atom stereocenters. The maximum absolute atomic E-state index is 13.9. The topological polar surface area (TPSA) is 78.5 Å². The summed E-state index contributed by atoms with van der Waals surface area (Å²) in [5.41, 5.74) is 0. The monoisotopic (exact) mass is 385 g/mol. The first-order valence-electron chi connectivity index (χ1n) is 8.96. The van der Waals surface area contributed by atoms with E-state index in [0.717, 1.165) is 25.5 Å². The highest BCUT2D eigenvalue weighted by molar-refractivity contribution is 7.89. The molecule has 0 bridgehead atoms. The van der Waals surface area contributed by atoms with Crippen molar-refractivity contribution in [1.29, 1.82) is 0 Å². The quantitative estimate of drug-likeness (QED) is 0.747. The van der Waals surface area contributed by atoms with Crippen LogP contribution in [0.3, 0.4) is 0 Å². The van der Waals surface area contributed by atoms with Gasteiger partial charge in [-0.25, -0.2) is 12.8 Å². The molecule has 8 heteroatoms. The molecule has 0 aromatic heterocycles. The van der Waals surface area contributed by atoms with Crippen molar-refractivity contribution >= 4 is 15.9 Å². The number of amides is 1. The van der Waals surface area contributed by atoms with Crippen LogP contribution in [0.25, 0.3) is 0 Å². The van der Waals surface area contributed by atoms with E-state index in [9.17, 15) is 17.6 Å². The third kappa shape index (κ3) is 5.02. The maximum atomic E-state index is 13.9. The molecule has 0 saturated carbocycles. The summed E-state index contributed by atoms with van der Waals surface area (Å²) in [6, 6.07) is 4.25. The summed E-state index contributed by atoms with van der Waals surface area (Å²) in [5, 5.41) is 3.12. The van der Waals surface area contributed by atoms with Crippen LogP contribution in [0.15, 0.2) is 29.2 Å². The molecule has 0 spiro atoms. The van der Waals surface area contributed by atoms with E-state index in [1.54, 1.807) is 18.7 Å². The Balaban J connectivity index is 2.18. The van der Waals surface area contributed by atoms with E-state index in [1.165, 1.54) is 18.2 Å². The van der Waals surface area contributed by atoms with Gasteiger partial charge in [-0.3, -0.25) is 4.79 Å². The van der Waals surface area contributed by atoms with Crippen molar-refractivity contribution in [3.8, 4) is 0 Å². The zero-order valence-electron chi connectivity index (χ0n) is 15.5. The Morgan fingerprint density at radius 3 is 2.65 bits per heavy atom. The number of likely N-dealkylation sites (tertiary alicyclic amines) is 1. The lowest BCUT2D eigenvalue weighted by molar-refractivity contribution is -0.135. The molecular formula is C18H28FN3O3S. The summed E-state index contributed by atoms with van der Waals surface area (Å²) in [5.74, 6) is -0.981. The number of hydrogen-bond acceptors (Lipinski definition) is 4. The van der Waals surface area contributed by atoms with E-state index in [0.29, 0.717) is 19.0 Å². The van der Waals surface area contributed by atoms with Gasteiger partial charge in [-0.05, 0) is 50.4 Å². The summed E-state index contributed by atoms with van der Waals surface area (Å²) < 4.78 is 41.5. The molecule has 0 aliphatic carbocycles. The molecule has 1 fully saturated rings. The van der Waals surface area contributed by atoms with Crippen LogP contribution in [0.4, 0.5) is 4.39 Å². The predicted molar refractivity (Wildman–Crippen MR) is 98.6 cm³/mol. The minimum atomic E-state index is -4.13. The lowest BCUT2D eigenvalue weighted by Crippen LogP contribution is -2.54. The van der Waals surface area contributed by atoms with Crippen LogP contribution in [-0.2, 0) is 14.8 Å². The fourth-order valence-corrected chi connectivity index (χ4v) is 4.70. The van der Waals surface area contributed by atoms with Crippen LogP contribution in [0, 0.1) is 17.7 Å². The van der Waals surface area contributed by atoms with E-state index in [1.807, 2.05) is 7.05 Å². The minimum absolute atomic E-state index is 0.249. The van der Waals surface area contributed by atoms with Gasteiger partial charge < -0.3 is 10.2 Å². The lowest BCUT2D eigenvalue weighted by Gasteiger charge is -2.36. The Kier molecular flexibility index (Phi) is 7.14. The van der Waals surface area contributed by atoms with Crippen molar-refractivity contribution < 1.29 is 17.6 Å². The molecule has 1 aliphatic rings. The first kappa shape index (κ1) is 20.8. The lowest BCUT2D eigenvalue weighted by atomic mass is 9.96. The van der Waals surface area contributed by atoms with Crippen molar-refractivity contribution in [2.45, 2.75) is 37.6 Å². The Hall–Kier alpha value is -1.51. The van der Waals surface area contributed by atoms with Crippen molar-refractivity contribution in [1.82, 2.24) is 14.9 Å². The van der Waals surface area contributed by atoms with Gasteiger partial charge in [0.2, 0.25) is 15.9 Å². The second-order valence-corrected chi connectivity index (χ2v) is 8.81. The number of carbonyl (C=O) groups is 1. The summed E-state index contributed by atoms with van der Waals surface area (Å²) in [6.07, 6.45) is 1.93. The molecule has 26 heavy (non-hydrogen) atoms. The summed E-state index contributed by atoms with van der Waals surface area (Å²) in [4.78, 5) is 14.3. The summed E-state index contributed by atoms with van der Waals surface area (Å²) in [7, 11) is -2.25. The SMILES string of the molecule is CNCC1CCCN(C(=O)C(NS(=O)(=O)c2ccccc2F)C(C)C)C1. The molecule has 1 amide bonds. The van der Waals surface area contributed by atoms with Gasteiger partial charge in [-0.15, -0.1) is 0 Å². The van der Waals surface area contributed by atoms with Gasteiger partial charge in [0.05, 0.1) is 0 Å². The van der Waals surface area contributed by atoms with Crippen LogP contribution < -0.4 is 10.0 Å². The number of nitrogens with zero attached hydrogens (tertiary/aromatic N) is 1. The average Bonchev–Trinajstić information content (AvgIpc) is 2.60. The predicted octanol–water partition coefficient (Wildman–Crippen LogP) is 1.59. The highest BCUT2D eigenvalue weighted by Crippen LogP contribution is 2.20. The number of benzene rings is 1. The van der Waals surface area contributed by atoms with Crippen LogP contribution in [0.1, 0.15) is 26.7 Å². The van der Waals surface area contributed by atoms with Gasteiger partial charge in [0.1, 0.15) is 16.8 Å². The van der Waals surface area contributed by atoms with Crippen LogP contribution >= 0.6 is 0 Å². The van der Waals surface area contributed by atoms with Crippen molar-refractivity contribution in [3.63, 3.8) is 0 Å². The molecular weight excluding hydrogens is 357 g/mol. The maximum Gasteiger partial charge on any atom is 0.244 e. The highest BCUT2D eigenvalue weighted by atomic mass is 32.2. The summed E-state index contributed by atoms with van der Waals surface area (Å²) >= 11 is 0. The van der Waals surface area contributed by atoms with Crippen LogP contribution in [0.5, 0.6) is 0 Å². The largest absolute Gasteiger partial charge is 0.341 e. The molecule has 2 rings (SSSR count). The molecule has 1 aliphatic heterocycles. The molecule has 1 saturated heterocycles. The van der Waals surface area contributed by atoms with Crippen molar-refractivity contribution in [3.05, 3.63) is 30.1 Å². The van der Waals surface area contributed by atoms with E-state index >= 15 is 0 Å². The molecule has 6 nitrogen and oxygen atoms in total. The van der Waals surface area contributed by atoms with Gasteiger partial charge in [-0.2, -0.15) is 4.72 Å². The van der Waals surface area contributed by atoms with E-state index < -0.39 is 26.8 Å². The third-order valence-electron chi connectivity index (χ3n) is 4.66. The van der Waals surface area contributed by atoms with Crippen molar-refractivity contribution in [2.75, 3.05) is 26.7 Å². The molecule has 1 aromatic rings. The summed E-state index contributed by atoms with van der Waals surface area (Å²) in [6.45, 7) is 5.59. The number of hydrogen-bond donors (Lipinski definition) is 2. The second kappa shape index (κ2) is 8.92. The Labute approximate surface area is 155 Å². The Morgan fingerprint density at radius 2 is 2.04 bits per heavy atom. The second-order valence-electron chi connectivity index (χ2n) is 7.12. The zero-order chi connectivity index (χ0) is 19.3. The van der Waals surface area contributed by atoms with Gasteiger partial charge in [0.15, 0.2) is 0 Å². The molecule has 1 aromatic carbocycles. The number of halogens is 1. The normalized spacial score (nSPS) is 19.6. The molecule has 146 valence electrons. The van der Waals surface area contributed by atoms with E-state index in [4.69, 9.17) is 0 Å². The molecule has 2 atom stereocenters. The zero-order valence-corrected chi connectivity index (χ0v) is 16.4. The molecule has 1 heterocycles. The number of carbonyl (C=O) groups excluding carboxylic acids is 1. The third-order valence-corrected chi connectivity index (χ3v) is 6.14. The first-order chi connectivity index (χ1) is 12.3. The standard InChI is InChI=1S/C18H28FN3O3S/c1-13(2)17(18(23)22-10-6-7-14(12-22)11-20-3)21-26(24,25)16-9-5-4-8-15(16)19/h4-5,8-9,13-14,17,20-21H,6-7,10-12H2,1-3H3. The van der Waals surface area contributed by atoms with E-state index in [-0.39, 0.29) is 11.8 Å². The van der Waals surface area contributed by atoms with Crippen molar-refractivity contribution in [2.24, 2.45) is 11.8 Å². The van der Waals surface area contributed by atoms with Gasteiger partial charge in [0.25, 0.3) is 0 Å². The van der Waals surface area contributed by atoms with Crippen LogP contribution in [-0.4, -0.2) is 51.9 Å². The van der Waals surface area contributed by atoms with E-state index in [2.05, 4.69) is 10.0 Å². The van der Waals surface area contributed by atoms with Gasteiger partial charge >= 0.3 is 0 Å². The molecule has 2 N–H and O–H groups in total. The number of rotatable bonds is 7. The number of piperidine rings is 1. The smallest absolute Gasteiger partial charge is 0.244 e. The molecule has 0 radical (unpaired) electrons. The van der Waals surface area contributed by atoms with Gasteiger partial charge in [0, 0.05) is 13.1 Å². The highest BCUT2D eigenvalue weighted by Gasteiger charge is 2.34. The Morgan fingerprint density at radius 1 is 1.35 bits per heavy atom. The number of nitrogens with one attached hydrogen (secondary N) is 2. The first-order valence-corrected chi connectivity index (χ1v) is 10.4. The average molecular weight is 386 g/mol. The fraction of sp³-hybridized carbons (Fsp3) is 0.611. The van der Waals surface area contributed by atoms with Crippen LogP contribution in [0.2, 0.25) is 0 Å². The van der Waals surface area contributed by atoms with Gasteiger partial charge in [-0.1, -0.05) is 26.0 Å².